The molecule has 0 atom stereocenters. The van der Waals surface area contributed by atoms with Gasteiger partial charge in [-0.05, 0) is 37.1 Å². The first-order valence-corrected chi connectivity index (χ1v) is 8.90. The molecule has 0 fully saturated rings. The Morgan fingerprint density at radius 3 is 2.52 bits per heavy atom. The number of hydrogen-bond acceptors (Lipinski definition) is 3. The van der Waals surface area contributed by atoms with E-state index in [-0.39, 0.29) is 11.4 Å². The number of sulfone groups is 1. The molecule has 2 rings (SSSR count). The first-order valence-electron chi connectivity index (χ1n) is 7.08. The molecule has 2 aromatic rings. The van der Waals surface area contributed by atoms with Crippen LogP contribution >= 0.6 is 0 Å². The Bertz CT molecular complexity index is 831. The number of amides is 1. The molecular weight excluding hydrogens is 317 g/mol. The van der Waals surface area contributed by atoms with E-state index >= 15 is 0 Å². The van der Waals surface area contributed by atoms with Gasteiger partial charge in [-0.3, -0.25) is 4.79 Å². The standard InChI is InChI=1S/C17H18FNO3S/c1-12-7-8-13(2)14(9-12)10-23(21,22)11-17(20)19-16-6-4-3-5-15(16)18/h3-9H,10-11H2,1-2H3,(H,19,20). The summed E-state index contributed by atoms with van der Waals surface area (Å²) in [4.78, 5) is 11.9. The van der Waals surface area contributed by atoms with Crippen molar-refractivity contribution in [2.75, 3.05) is 11.1 Å². The van der Waals surface area contributed by atoms with Crippen LogP contribution in [-0.2, 0) is 20.4 Å². The molecule has 0 saturated heterocycles. The summed E-state index contributed by atoms with van der Waals surface area (Å²) in [5.41, 5.74) is 2.45. The molecule has 1 N–H and O–H groups in total. The lowest BCUT2D eigenvalue weighted by atomic mass is 10.1. The van der Waals surface area contributed by atoms with E-state index in [9.17, 15) is 17.6 Å². The lowest BCUT2D eigenvalue weighted by Gasteiger charge is -2.09. The minimum atomic E-state index is -3.64. The largest absolute Gasteiger partial charge is 0.323 e. The Kier molecular flexibility index (Phi) is 5.15. The topological polar surface area (TPSA) is 63.2 Å². The van der Waals surface area contributed by atoms with Crippen LogP contribution in [0.25, 0.3) is 0 Å². The molecule has 4 nitrogen and oxygen atoms in total. The van der Waals surface area contributed by atoms with Crippen LogP contribution in [0.2, 0.25) is 0 Å². The normalized spacial score (nSPS) is 11.3. The highest BCUT2D eigenvalue weighted by Gasteiger charge is 2.19. The summed E-state index contributed by atoms with van der Waals surface area (Å²) >= 11 is 0. The smallest absolute Gasteiger partial charge is 0.239 e. The molecule has 6 heteroatoms. The van der Waals surface area contributed by atoms with Crippen molar-refractivity contribution < 1.29 is 17.6 Å². The quantitative estimate of drug-likeness (QED) is 0.913. The molecule has 122 valence electrons. The molecule has 0 radical (unpaired) electrons. The molecule has 0 aliphatic rings. The molecule has 0 saturated carbocycles. The van der Waals surface area contributed by atoms with Gasteiger partial charge in [-0.15, -0.1) is 0 Å². The summed E-state index contributed by atoms with van der Waals surface area (Å²) in [5.74, 6) is -2.26. The molecule has 0 heterocycles. The zero-order valence-electron chi connectivity index (χ0n) is 13.0. The molecule has 0 unspecified atom stereocenters. The fraction of sp³-hybridized carbons (Fsp3) is 0.235. The van der Waals surface area contributed by atoms with E-state index in [1.54, 1.807) is 12.1 Å². The number of benzene rings is 2. The molecule has 0 aliphatic carbocycles. The van der Waals surface area contributed by atoms with Gasteiger partial charge in [-0.25, -0.2) is 12.8 Å². The summed E-state index contributed by atoms with van der Waals surface area (Å²) in [6.07, 6.45) is 0. The highest BCUT2D eigenvalue weighted by molar-refractivity contribution is 7.91. The number of carbonyl (C=O) groups is 1. The molecular formula is C17H18FNO3S. The maximum absolute atomic E-state index is 13.5. The molecule has 0 bridgehead atoms. The monoisotopic (exact) mass is 335 g/mol. The maximum atomic E-state index is 13.5. The summed E-state index contributed by atoms with van der Waals surface area (Å²) in [6, 6.07) is 11.2. The maximum Gasteiger partial charge on any atom is 0.239 e. The number of anilines is 1. The van der Waals surface area contributed by atoms with Crippen LogP contribution in [0.5, 0.6) is 0 Å². The van der Waals surface area contributed by atoms with Gasteiger partial charge in [-0.2, -0.15) is 0 Å². The number of aryl methyl sites for hydroxylation is 2. The second-order valence-corrected chi connectivity index (χ2v) is 7.55. The van der Waals surface area contributed by atoms with E-state index in [2.05, 4.69) is 5.32 Å². The van der Waals surface area contributed by atoms with Gasteiger partial charge in [0.05, 0.1) is 11.4 Å². The molecule has 0 spiro atoms. The summed E-state index contributed by atoms with van der Waals surface area (Å²) < 4.78 is 37.9. The summed E-state index contributed by atoms with van der Waals surface area (Å²) in [5, 5.41) is 2.28. The van der Waals surface area contributed by atoms with Gasteiger partial charge in [0.1, 0.15) is 11.6 Å². The zero-order valence-corrected chi connectivity index (χ0v) is 13.8. The molecule has 1 amide bonds. The highest BCUT2D eigenvalue weighted by Crippen LogP contribution is 2.16. The van der Waals surface area contributed by atoms with E-state index < -0.39 is 27.3 Å². The van der Waals surface area contributed by atoms with Gasteiger partial charge >= 0.3 is 0 Å². The van der Waals surface area contributed by atoms with Crippen LogP contribution in [0, 0.1) is 19.7 Å². The van der Waals surface area contributed by atoms with Crippen molar-refractivity contribution in [2.24, 2.45) is 0 Å². The summed E-state index contributed by atoms with van der Waals surface area (Å²) in [7, 11) is -3.64. The fourth-order valence-electron chi connectivity index (χ4n) is 2.19. The van der Waals surface area contributed by atoms with Gasteiger partial charge in [0.2, 0.25) is 5.91 Å². The van der Waals surface area contributed by atoms with Crippen LogP contribution in [0.15, 0.2) is 42.5 Å². The van der Waals surface area contributed by atoms with Crippen molar-refractivity contribution in [3.63, 3.8) is 0 Å². The zero-order chi connectivity index (χ0) is 17.0. The van der Waals surface area contributed by atoms with Gasteiger partial charge in [0, 0.05) is 0 Å². The minimum Gasteiger partial charge on any atom is -0.323 e. The molecule has 2 aromatic carbocycles. The van der Waals surface area contributed by atoms with Crippen molar-refractivity contribution >= 4 is 21.4 Å². The van der Waals surface area contributed by atoms with Gasteiger partial charge < -0.3 is 5.32 Å². The van der Waals surface area contributed by atoms with Gasteiger partial charge in [0.25, 0.3) is 0 Å². The van der Waals surface area contributed by atoms with E-state index in [0.29, 0.717) is 5.56 Å². The van der Waals surface area contributed by atoms with Crippen molar-refractivity contribution in [1.82, 2.24) is 0 Å². The Morgan fingerprint density at radius 2 is 1.83 bits per heavy atom. The third-order valence-electron chi connectivity index (χ3n) is 3.38. The predicted octanol–water partition coefficient (Wildman–Crippen LogP) is 3.00. The Hall–Kier alpha value is -2.21. The SMILES string of the molecule is Cc1ccc(C)c(CS(=O)(=O)CC(=O)Nc2ccccc2F)c1. The van der Waals surface area contributed by atoms with Crippen molar-refractivity contribution in [3.8, 4) is 0 Å². The van der Waals surface area contributed by atoms with Crippen molar-refractivity contribution in [2.45, 2.75) is 19.6 Å². The lowest BCUT2D eigenvalue weighted by Crippen LogP contribution is -2.24. The Morgan fingerprint density at radius 1 is 1.13 bits per heavy atom. The number of para-hydroxylation sites is 1. The average Bonchev–Trinajstić information content (AvgIpc) is 2.44. The number of nitrogens with one attached hydrogen (secondary N) is 1. The molecule has 23 heavy (non-hydrogen) atoms. The summed E-state index contributed by atoms with van der Waals surface area (Å²) in [6.45, 7) is 3.70. The highest BCUT2D eigenvalue weighted by atomic mass is 32.2. The number of hydrogen-bond donors (Lipinski definition) is 1. The Balaban J connectivity index is 2.07. The Labute approximate surface area is 135 Å². The van der Waals surface area contributed by atoms with E-state index in [1.807, 2.05) is 26.0 Å². The first-order chi connectivity index (χ1) is 10.8. The third-order valence-corrected chi connectivity index (χ3v) is 4.83. The third kappa shape index (κ3) is 4.89. The fourth-order valence-corrected chi connectivity index (χ4v) is 3.55. The van der Waals surface area contributed by atoms with Crippen LogP contribution in [0.4, 0.5) is 10.1 Å². The van der Waals surface area contributed by atoms with Crippen LogP contribution in [0.1, 0.15) is 16.7 Å². The van der Waals surface area contributed by atoms with Crippen LogP contribution < -0.4 is 5.32 Å². The minimum absolute atomic E-state index is 0.0283. The number of halogens is 1. The van der Waals surface area contributed by atoms with Gasteiger partial charge in [0.15, 0.2) is 9.84 Å². The van der Waals surface area contributed by atoms with E-state index in [4.69, 9.17) is 0 Å². The second-order valence-electron chi connectivity index (χ2n) is 5.49. The average molecular weight is 335 g/mol. The number of carbonyl (C=O) groups excluding carboxylic acids is 1. The van der Waals surface area contributed by atoms with E-state index in [1.165, 1.54) is 18.2 Å². The van der Waals surface area contributed by atoms with Crippen molar-refractivity contribution in [1.29, 1.82) is 0 Å². The first kappa shape index (κ1) is 17.1. The molecule has 0 aromatic heterocycles. The van der Waals surface area contributed by atoms with E-state index in [0.717, 1.165) is 11.1 Å². The number of rotatable bonds is 5. The lowest BCUT2D eigenvalue weighted by molar-refractivity contribution is -0.113. The van der Waals surface area contributed by atoms with Crippen LogP contribution in [0.3, 0.4) is 0 Å². The predicted molar refractivity (Wildman–Crippen MR) is 88.4 cm³/mol. The van der Waals surface area contributed by atoms with Crippen molar-refractivity contribution in [3.05, 3.63) is 65.0 Å². The second kappa shape index (κ2) is 6.91. The van der Waals surface area contributed by atoms with Crippen LogP contribution in [-0.4, -0.2) is 20.1 Å². The molecule has 0 aliphatic heterocycles. The van der Waals surface area contributed by atoms with Gasteiger partial charge in [-0.1, -0.05) is 35.9 Å².